The maximum atomic E-state index is 9.48. The molecule has 1 aliphatic carbocycles. The molecule has 0 radical (unpaired) electrons. The van der Waals surface area contributed by atoms with Crippen molar-refractivity contribution in [3.63, 3.8) is 0 Å². The lowest BCUT2D eigenvalue weighted by molar-refractivity contribution is 0.773. The number of thiophene rings is 1. The number of fused-ring (bicyclic) bond motifs is 1. The lowest BCUT2D eigenvalue weighted by Crippen LogP contribution is -2.21. The Balaban J connectivity index is 2.83. The number of rotatable bonds is 2. The largest absolute Gasteiger partial charge is 0.192 e. The fourth-order valence-corrected chi connectivity index (χ4v) is 3.31. The maximum absolute atomic E-state index is 9.48. The Kier molecular flexibility index (Phi) is 3.49. The van der Waals surface area contributed by atoms with Crippen molar-refractivity contribution in [1.29, 1.82) is 5.26 Å². The highest BCUT2D eigenvalue weighted by Gasteiger charge is 2.17. The molecule has 0 N–H and O–H groups in total. The third kappa shape index (κ3) is 2.08. The molecule has 0 spiro atoms. The van der Waals surface area contributed by atoms with Crippen molar-refractivity contribution < 1.29 is 0 Å². The van der Waals surface area contributed by atoms with Gasteiger partial charge in [0.25, 0.3) is 0 Å². The predicted molar refractivity (Wildman–Crippen MR) is 73.8 cm³/mol. The maximum Gasteiger partial charge on any atom is 0.100 e. The van der Waals surface area contributed by atoms with Gasteiger partial charge in [-0.15, -0.1) is 11.3 Å². The van der Waals surface area contributed by atoms with Gasteiger partial charge in [0, 0.05) is 9.75 Å². The van der Waals surface area contributed by atoms with E-state index >= 15 is 0 Å². The molecule has 0 aliphatic heterocycles. The van der Waals surface area contributed by atoms with Gasteiger partial charge in [-0.05, 0) is 35.8 Å². The van der Waals surface area contributed by atoms with E-state index in [1.807, 2.05) is 0 Å². The second kappa shape index (κ2) is 4.89. The Bertz CT molecular complexity index is 608. The molecule has 1 aromatic rings. The Labute approximate surface area is 106 Å². The van der Waals surface area contributed by atoms with Crippen molar-refractivity contribution in [3.05, 3.63) is 32.3 Å². The minimum absolute atomic E-state index is 0.416. The van der Waals surface area contributed by atoms with Crippen LogP contribution in [0.4, 0.5) is 0 Å². The molecule has 0 fully saturated rings. The van der Waals surface area contributed by atoms with E-state index in [1.165, 1.54) is 15.7 Å². The van der Waals surface area contributed by atoms with E-state index < -0.39 is 0 Å². The fourth-order valence-electron chi connectivity index (χ4n) is 2.49. The molecule has 1 heterocycles. The highest BCUT2D eigenvalue weighted by molar-refractivity contribution is 7.07. The van der Waals surface area contributed by atoms with E-state index in [4.69, 9.17) is 0 Å². The average molecular weight is 243 g/mol. The van der Waals surface area contributed by atoms with Crippen LogP contribution in [0.3, 0.4) is 0 Å². The second-order valence-corrected chi connectivity index (χ2v) is 5.57. The predicted octanol–water partition coefficient (Wildman–Crippen LogP) is 2.97. The number of nitrogens with zero attached hydrogens (tertiary/aromatic N) is 1. The van der Waals surface area contributed by atoms with Gasteiger partial charge in [0.05, 0.1) is 5.57 Å². The number of allylic oxidation sites excluding steroid dienone is 2. The van der Waals surface area contributed by atoms with Crippen molar-refractivity contribution in [2.75, 3.05) is 0 Å². The van der Waals surface area contributed by atoms with E-state index in [2.05, 4.69) is 44.4 Å². The summed E-state index contributed by atoms with van der Waals surface area (Å²) in [6.07, 6.45) is 4.29. The van der Waals surface area contributed by atoms with Gasteiger partial charge in [0.15, 0.2) is 0 Å². The van der Waals surface area contributed by atoms with E-state index in [9.17, 15) is 5.26 Å². The van der Waals surface area contributed by atoms with Crippen molar-refractivity contribution in [1.82, 2.24) is 0 Å². The van der Waals surface area contributed by atoms with Crippen molar-refractivity contribution in [2.24, 2.45) is 5.92 Å². The first-order valence-corrected chi connectivity index (χ1v) is 6.97. The molecule has 0 saturated heterocycles. The van der Waals surface area contributed by atoms with E-state index in [0.717, 1.165) is 23.6 Å². The summed E-state index contributed by atoms with van der Waals surface area (Å²) in [6.45, 7) is 6.54. The Morgan fingerprint density at radius 2 is 2.24 bits per heavy atom. The zero-order valence-electron chi connectivity index (χ0n) is 10.6. The third-order valence-corrected chi connectivity index (χ3v) is 4.18. The normalized spacial score (nSPS) is 15.4. The molecule has 1 aliphatic rings. The molecular weight excluding hydrogens is 226 g/mol. The highest BCUT2D eigenvalue weighted by Crippen LogP contribution is 2.28. The molecule has 0 atom stereocenters. The number of nitriles is 1. The average Bonchev–Trinajstić information content (AvgIpc) is 2.70. The summed E-state index contributed by atoms with van der Waals surface area (Å²) in [6, 6.07) is 4.51. The van der Waals surface area contributed by atoms with Gasteiger partial charge >= 0.3 is 0 Å². The van der Waals surface area contributed by atoms with Crippen molar-refractivity contribution in [3.8, 4) is 6.07 Å². The lowest BCUT2D eigenvalue weighted by atomic mass is 9.88. The van der Waals surface area contributed by atoms with Crippen molar-refractivity contribution in [2.45, 2.75) is 33.6 Å². The van der Waals surface area contributed by atoms with E-state index in [-0.39, 0.29) is 0 Å². The van der Waals surface area contributed by atoms with Crippen LogP contribution in [0, 0.1) is 17.2 Å². The first-order valence-electron chi connectivity index (χ1n) is 6.09. The molecule has 2 heteroatoms. The van der Waals surface area contributed by atoms with Crippen LogP contribution in [0.2, 0.25) is 0 Å². The summed E-state index contributed by atoms with van der Waals surface area (Å²) < 4.78 is 1.25. The molecule has 0 amide bonds. The minimum Gasteiger partial charge on any atom is -0.192 e. The van der Waals surface area contributed by atoms with E-state index in [0.29, 0.717) is 5.92 Å². The van der Waals surface area contributed by atoms with Crippen LogP contribution in [0.15, 0.2) is 22.6 Å². The molecule has 0 saturated carbocycles. The van der Waals surface area contributed by atoms with Crippen LogP contribution >= 0.6 is 11.3 Å². The molecule has 17 heavy (non-hydrogen) atoms. The summed E-state index contributed by atoms with van der Waals surface area (Å²) in [4.78, 5) is 0. The molecule has 2 rings (SSSR count). The Hall–Kier alpha value is -1.33. The second-order valence-electron chi connectivity index (χ2n) is 4.62. The minimum atomic E-state index is 0.416. The quantitative estimate of drug-likeness (QED) is 0.783. The first-order chi connectivity index (χ1) is 8.19. The SMILES string of the molecule is CCC1=C(C(C)C)C(C#N)=c2ccsc2=CC1. The van der Waals surface area contributed by atoms with Crippen LogP contribution in [-0.2, 0) is 0 Å². The Morgan fingerprint density at radius 1 is 1.47 bits per heavy atom. The number of hydrogen-bond acceptors (Lipinski definition) is 2. The van der Waals surface area contributed by atoms with Gasteiger partial charge in [-0.25, -0.2) is 0 Å². The zero-order chi connectivity index (χ0) is 12.4. The molecule has 88 valence electrons. The molecule has 0 unspecified atom stereocenters. The molecule has 0 bridgehead atoms. The van der Waals surface area contributed by atoms with Crippen LogP contribution in [0.25, 0.3) is 11.6 Å². The van der Waals surface area contributed by atoms with Gasteiger partial charge in [-0.1, -0.05) is 32.4 Å². The summed E-state index contributed by atoms with van der Waals surface area (Å²) in [7, 11) is 0. The lowest BCUT2D eigenvalue weighted by Gasteiger charge is -2.15. The van der Waals surface area contributed by atoms with Gasteiger partial charge in [0.2, 0.25) is 0 Å². The fraction of sp³-hybridized carbons (Fsp3) is 0.400. The number of hydrogen-bond donors (Lipinski definition) is 0. The summed E-state index contributed by atoms with van der Waals surface area (Å²) in [5.74, 6) is 0.416. The van der Waals surface area contributed by atoms with Gasteiger partial charge in [0.1, 0.15) is 6.07 Å². The van der Waals surface area contributed by atoms with Gasteiger partial charge in [-0.3, -0.25) is 0 Å². The zero-order valence-corrected chi connectivity index (χ0v) is 11.4. The summed E-state index contributed by atoms with van der Waals surface area (Å²) >= 11 is 1.73. The van der Waals surface area contributed by atoms with Crippen LogP contribution < -0.4 is 9.75 Å². The monoisotopic (exact) mass is 243 g/mol. The Morgan fingerprint density at radius 3 is 2.82 bits per heavy atom. The van der Waals surface area contributed by atoms with Crippen molar-refractivity contribution >= 4 is 23.0 Å². The molecule has 0 aromatic carbocycles. The molecule has 1 nitrogen and oxygen atoms in total. The smallest absolute Gasteiger partial charge is 0.100 e. The molecular formula is C15H17NS. The highest BCUT2D eigenvalue weighted by atomic mass is 32.1. The topological polar surface area (TPSA) is 23.8 Å². The first kappa shape index (κ1) is 12.1. The standard InChI is InChI=1S/C15H17NS/c1-4-11-5-6-14-12(7-8-17-14)13(9-16)15(11)10(2)3/h6-8,10H,4-5H2,1-3H3. The van der Waals surface area contributed by atoms with Crippen LogP contribution in [0.1, 0.15) is 33.6 Å². The summed E-state index contributed by atoms with van der Waals surface area (Å²) in [5, 5.41) is 12.7. The van der Waals surface area contributed by atoms with Gasteiger partial charge < -0.3 is 0 Å². The van der Waals surface area contributed by atoms with Crippen LogP contribution in [0.5, 0.6) is 0 Å². The van der Waals surface area contributed by atoms with E-state index in [1.54, 1.807) is 11.3 Å². The van der Waals surface area contributed by atoms with Gasteiger partial charge in [-0.2, -0.15) is 5.26 Å². The summed E-state index contributed by atoms with van der Waals surface area (Å²) in [5.41, 5.74) is 3.57. The third-order valence-electron chi connectivity index (χ3n) is 3.26. The molecule has 1 aromatic heterocycles. The van der Waals surface area contributed by atoms with Crippen LogP contribution in [-0.4, -0.2) is 0 Å².